The van der Waals surface area contributed by atoms with Gasteiger partial charge in [-0.05, 0) is 24.7 Å². The standard InChI is InChI=1S/C15H25N3O.ClH/c1-3-7-18(8-4-2)15(19)11-17-9-12-5-6-14(16)13(12)10-17;/h3-4,12-14H,1-2,5-11,16H2;1H. The second-order valence-electron chi connectivity index (χ2n) is 5.74. The fourth-order valence-corrected chi connectivity index (χ4v) is 3.41. The molecular formula is C15H26ClN3O. The molecule has 0 spiro atoms. The number of nitrogens with two attached hydrogens (primary N) is 1. The van der Waals surface area contributed by atoms with Crippen LogP contribution in [0.4, 0.5) is 0 Å². The number of carbonyl (C=O) groups excluding carboxylic acids is 1. The predicted molar refractivity (Wildman–Crippen MR) is 84.9 cm³/mol. The molecular weight excluding hydrogens is 274 g/mol. The molecule has 2 fully saturated rings. The summed E-state index contributed by atoms with van der Waals surface area (Å²) in [7, 11) is 0. The van der Waals surface area contributed by atoms with Gasteiger partial charge >= 0.3 is 0 Å². The Kier molecular flexibility index (Phi) is 6.72. The molecule has 1 amide bonds. The zero-order valence-corrected chi connectivity index (χ0v) is 12.9. The van der Waals surface area contributed by atoms with E-state index in [0.717, 1.165) is 19.5 Å². The number of hydrogen-bond donors (Lipinski definition) is 1. The number of carbonyl (C=O) groups is 1. The summed E-state index contributed by atoms with van der Waals surface area (Å²) in [5.41, 5.74) is 6.12. The van der Waals surface area contributed by atoms with Crippen molar-refractivity contribution in [2.45, 2.75) is 18.9 Å². The van der Waals surface area contributed by atoms with Gasteiger partial charge in [0.2, 0.25) is 5.91 Å². The Hall–Kier alpha value is -0.840. The highest BCUT2D eigenvalue weighted by Crippen LogP contribution is 2.36. The van der Waals surface area contributed by atoms with Crippen LogP contribution in [0.5, 0.6) is 0 Å². The molecule has 0 radical (unpaired) electrons. The third-order valence-electron chi connectivity index (χ3n) is 4.40. The first-order valence-electron chi connectivity index (χ1n) is 7.13. The minimum atomic E-state index is 0. The molecule has 2 rings (SSSR count). The summed E-state index contributed by atoms with van der Waals surface area (Å²) in [6.07, 6.45) is 5.89. The van der Waals surface area contributed by atoms with Crippen LogP contribution in [0.15, 0.2) is 25.3 Å². The first-order valence-corrected chi connectivity index (χ1v) is 7.13. The van der Waals surface area contributed by atoms with Crippen molar-refractivity contribution in [1.29, 1.82) is 0 Å². The van der Waals surface area contributed by atoms with Crippen molar-refractivity contribution in [3.8, 4) is 0 Å². The average Bonchev–Trinajstić information content (AvgIpc) is 2.91. The highest BCUT2D eigenvalue weighted by Gasteiger charge is 2.41. The van der Waals surface area contributed by atoms with Crippen LogP contribution in [0, 0.1) is 11.8 Å². The van der Waals surface area contributed by atoms with E-state index in [2.05, 4.69) is 18.1 Å². The number of rotatable bonds is 6. The average molecular weight is 300 g/mol. The molecule has 2 N–H and O–H groups in total. The van der Waals surface area contributed by atoms with Gasteiger partial charge in [-0.25, -0.2) is 0 Å². The predicted octanol–water partition coefficient (Wildman–Crippen LogP) is 1.28. The Morgan fingerprint density at radius 2 is 1.90 bits per heavy atom. The van der Waals surface area contributed by atoms with Gasteiger partial charge < -0.3 is 10.6 Å². The first-order chi connectivity index (χ1) is 9.15. The van der Waals surface area contributed by atoms with Crippen LogP contribution in [0.1, 0.15) is 12.8 Å². The monoisotopic (exact) mass is 299 g/mol. The van der Waals surface area contributed by atoms with Gasteiger partial charge in [0.1, 0.15) is 0 Å². The molecule has 0 aromatic carbocycles. The van der Waals surface area contributed by atoms with Crippen molar-refractivity contribution in [1.82, 2.24) is 9.80 Å². The molecule has 5 heteroatoms. The molecule has 114 valence electrons. The summed E-state index contributed by atoms with van der Waals surface area (Å²) < 4.78 is 0. The van der Waals surface area contributed by atoms with Crippen LogP contribution in [0.25, 0.3) is 0 Å². The smallest absolute Gasteiger partial charge is 0.237 e. The maximum absolute atomic E-state index is 12.2. The third-order valence-corrected chi connectivity index (χ3v) is 4.40. The van der Waals surface area contributed by atoms with E-state index in [4.69, 9.17) is 5.73 Å². The van der Waals surface area contributed by atoms with E-state index in [1.807, 2.05) is 0 Å². The van der Waals surface area contributed by atoms with Gasteiger partial charge in [-0.15, -0.1) is 25.6 Å². The Morgan fingerprint density at radius 1 is 1.25 bits per heavy atom. The van der Waals surface area contributed by atoms with Gasteiger partial charge in [0.25, 0.3) is 0 Å². The molecule has 1 heterocycles. The van der Waals surface area contributed by atoms with Crippen molar-refractivity contribution in [2.75, 3.05) is 32.7 Å². The third kappa shape index (κ3) is 3.84. The zero-order valence-electron chi connectivity index (χ0n) is 12.0. The van der Waals surface area contributed by atoms with Gasteiger partial charge in [0.15, 0.2) is 0 Å². The largest absolute Gasteiger partial charge is 0.334 e. The molecule has 0 aromatic rings. The molecule has 0 aromatic heterocycles. The first kappa shape index (κ1) is 17.2. The molecule has 20 heavy (non-hydrogen) atoms. The quantitative estimate of drug-likeness (QED) is 0.752. The van der Waals surface area contributed by atoms with E-state index in [1.54, 1.807) is 17.1 Å². The van der Waals surface area contributed by atoms with Crippen LogP contribution in [0.2, 0.25) is 0 Å². The van der Waals surface area contributed by atoms with E-state index in [1.165, 1.54) is 6.42 Å². The Morgan fingerprint density at radius 3 is 2.45 bits per heavy atom. The van der Waals surface area contributed by atoms with Gasteiger partial charge in [0.05, 0.1) is 6.54 Å². The number of amides is 1. The van der Waals surface area contributed by atoms with Crippen molar-refractivity contribution < 1.29 is 4.79 Å². The maximum atomic E-state index is 12.2. The summed E-state index contributed by atoms with van der Waals surface area (Å²) in [5.74, 6) is 1.46. The van der Waals surface area contributed by atoms with Crippen LogP contribution >= 0.6 is 12.4 Å². The van der Waals surface area contributed by atoms with Gasteiger partial charge in [-0.1, -0.05) is 12.2 Å². The second kappa shape index (κ2) is 7.81. The minimum Gasteiger partial charge on any atom is -0.334 e. The van der Waals surface area contributed by atoms with Crippen LogP contribution in [-0.2, 0) is 4.79 Å². The summed E-state index contributed by atoms with van der Waals surface area (Å²) in [4.78, 5) is 16.3. The fourth-order valence-electron chi connectivity index (χ4n) is 3.41. The van der Waals surface area contributed by atoms with Crippen molar-refractivity contribution in [3.63, 3.8) is 0 Å². The molecule has 1 saturated heterocycles. The SMILES string of the molecule is C=CCN(CC=C)C(=O)CN1CC2CCC(N)C2C1.Cl. The van der Waals surface area contributed by atoms with Gasteiger partial charge in [-0.2, -0.15) is 0 Å². The van der Waals surface area contributed by atoms with E-state index < -0.39 is 0 Å². The lowest BCUT2D eigenvalue weighted by atomic mass is 9.98. The number of likely N-dealkylation sites (tertiary alicyclic amines) is 1. The van der Waals surface area contributed by atoms with Crippen LogP contribution in [-0.4, -0.2) is 54.5 Å². The highest BCUT2D eigenvalue weighted by atomic mass is 35.5. The van der Waals surface area contributed by atoms with E-state index in [0.29, 0.717) is 37.5 Å². The molecule has 4 nitrogen and oxygen atoms in total. The molecule has 1 saturated carbocycles. The minimum absolute atomic E-state index is 0. The fraction of sp³-hybridized carbons (Fsp3) is 0.667. The highest BCUT2D eigenvalue weighted by molar-refractivity contribution is 5.85. The topological polar surface area (TPSA) is 49.6 Å². The van der Waals surface area contributed by atoms with Gasteiger partial charge in [-0.3, -0.25) is 9.69 Å². The molecule has 2 aliphatic rings. The van der Waals surface area contributed by atoms with Crippen molar-refractivity contribution >= 4 is 18.3 Å². The number of hydrogen-bond acceptors (Lipinski definition) is 3. The number of halogens is 1. The Balaban J connectivity index is 0.00000200. The molecule has 3 atom stereocenters. The van der Waals surface area contributed by atoms with Gasteiger partial charge in [0, 0.05) is 32.2 Å². The lowest BCUT2D eigenvalue weighted by Crippen LogP contribution is -2.40. The Bertz CT molecular complexity index is 351. The van der Waals surface area contributed by atoms with E-state index in [-0.39, 0.29) is 18.3 Å². The summed E-state index contributed by atoms with van der Waals surface area (Å²) in [6, 6.07) is 0.336. The summed E-state index contributed by atoms with van der Waals surface area (Å²) in [6.45, 7) is 11.1. The zero-order chi connectivity index (χ0) is 13.8. The van der Waals surface area contributed by atoms with Crippen molar-refractivity contribution in [3.05, 3.63) is 25.3 Å². The molecule has 1 aliphatic heterocycles. The van der Waals surface area contributed by atoms with E-state index >= 15 is 0 Å². The lowest BCUT2D eigenvalue weighted by Gasteiger charge is -2.24. The lowest BCUT2D eigenvalue weighted by molar-refractivity contribution is -0.131. The van der Waals surface area contributed by atoms with Crippen LogP contribution in [0.3, 0.4) is 0 Å². The Labute approximate surface area is 128 Å². The van der Waals surface area contributed by atoms with E-state index in [9.17, 15) is 4.79 Å². The van der Waals surface area contributed by atoms with Crippen molar-refractivity contribution in [2.24, 2.45) is 17.6 Å². The van der Waals surface area contributed by atoms with Crippen LogP contribution < -0.4 is 5.73 Å². The number of nitrogens with zero attached hydrogens (tertiary/aromatic N) is 2. The maximum Gasteiger partial charge on any atom is 0.237 e. The summed E-state index contributed by atoms with van der Waals surface area (Å²) >= 11 is 0. The molecule has 3 unspecified atom stereocenters. The molecule has 0 bridgehead atoms. The molecule has 1 aliphatic carbocycles. The second-order valence-corrected chi connectivity index (χ2v) is 5.74. The summed E-state index contributed by atoms with van der Waals surface area (Å²) in [5, 5.41) is 0. The normalized spacial score (nSPS) is 28.6. The number of fused-ring (bicyclic) bond motifs is 1.